The zero-order chi connectivity index (χ0) is 20.2. The number of hydrogen-bond acceptors (Lipinski definition) is 3. The predicted molar refractivity (Wildman–Crippen MR) is 116 cm³/mol. The average molecular weight is 404 g/mol. The lowest BCUT2D eigenvalue weighted by molar-refractivity contribution is -0.118. The summed E-state index contributed by atoms with van der Waals surface area (Å²) in [7, 11) is 0. The minimum absolute atomic E-state index is 0.0660. The van der Waals surface area contributed by atoms with Crippen LogP contribution in [0.3, 0.4) is 0 Å². The summed E-state index contributed by atoms with van der Waals surface area (Å²) in [5, 5.41) is 3.39. The number of hydrogen-bond donors (Lipinski definition) is 1. The van der Waals surface area contributed by atoms with E-state index in [1.807, 2.05) is 43.3 Å². The van der Waals surface area contributed by atoms with E-state index in [2.05, 4.69) is 12.2 Å². The van der Waals surface area contributed by atoms with Gasteiger partial charge in [-0.2, -0.15) is 0 Å². The van der Waals surface area contributed by atoms with Crippen molar-refractivity contribution in [3.63, 3.8) is 0 Å². The number of amides is 1. The van der Waals surface area contributed by atoms with Crippen LogP contribution < -0.4 is 14.8 Å². The number of ether oxygens (including phenoxy) is 2. The maximum Gasteiger partial charge on any atom is 0.262 e. The van der Waals surface area contributed by atoms with Gasteiger partial charge in [0.2, 0.25) is 0 Å². The Labute approximate surface area is 173 Å². The molecule has 0 spiro atoms. The number of carbonyl (C=O) groups excluding carboxylic acids is 1. The van der Waals surface area contributed by atoms with Crippen molar-refractivity contribution in [3.05, 3.63) is 53.1 Å². The standard InChI is InChI=1S/C23H30ClNO3/c1-3-4-5-6-7-8-15-27-20-11-13-21(14-12-20)28-17-23(26)25-19-10-9-18(2)22(24)16-19/h9-14,16H,3-8,15,17H2,1-2H3,(H,25,26). The van der Waals surface area contributed by atoms with Crippen LogP contribution in [-0.2, 0) is 4.79 Å². The summed E-state index contributed by atoms with van der Waals surface area (Å²) in [5.41, 5.74) is 1.62. The second kappa shape index (κ2) is 12.3. The summed E-state index contributed by atoms with van der Waals surface area (Å²) < 4.78 is 11.3. The van der Waals surface area contributed by atoms with Crippen molar-refractivity contribution < 1.29 is 14.3 Å². The molecule has 0 heterocycles. The lowest BCUT2D eigenvalue weighted by Crippen LogP contribution is -2.20. The average Bonchev–Trinajstić information content (AvgIpc) is 2.69. The first-order valence-corrected chi connectivity index (χ1v) is 10.4. The summed E-state index contributed by atoms with van der Waals surface area (Å²) >= 11 is 6.06. The van der Waals surface area contributed by atoms with Crippen LogP contribution in [-0.4, -0.2) is 19.1 Å². The Morgan fingerprint density at radius 1 is 0.929 bits per heavy atom. The molecule has 4 nitrogen and oxygen atoms in total. The zero-order valence-electron chi connectivity index (χ0n) is 16.8. The van der Waals surface area contributed by atoms with Gasteiger partial charge in [-0.15, -0.1) is 0 Å². The molecule has 1 N–H and O–H groups in total. The number of nitrogens with one attached hydrogen (secondary N) is 1. The number of anilines is 1. The molecule has 2 aromatic carbocycles. The van der Waals surface area contributed by atoms with Gasteiger partial charge in [0.15, 0.2) is 6.61 Å². The number of carbonyl (C=O) groups is 1. The van der Waals surface area contributed by atoms with Gasteiger partial charge in [0.05, 0.1) is 6.61 Å². The molecule has 28 heavy (non-hydrogen) atoms. The highest BCUT2D eigenvalue weighted by molar-refractivity contribution is 6.31. The van der Waals surface area contributed by atoms with Crippen molar-refractivity contribution in [2.75, 3.05) is 18.5 Å². The summed E-state index contributed by atoms with van der Waals surface area (Å²) in [6.45, 7) is 4.80. The molecule has 0 bridgehead atoms. The minimum Gasteiger partial charge on any atom is -0.494 e. The number of halogens is 1. The summed E-state index contributed by atoms with van der Waals surface area (Å²) in [4.78, 5) is 12.0. The Hall–Kier alpha value is -2.20. The first-order chi connectivity index (χ1) is 13.6. The summed E-state index contributed by atoms with van der Waals surface area (Å²) in [6, 6.07) is 12.8. The number of rotatable bonds is 12. The van der Waals surface area contributed by atoms with Crippen LogP contribution in [0.25, 0.3) is 0 Å². The second-order valence-electron chi connectivity index (χ2n) is 6.89. The molecule has 1 amide bonds. The molecule has 0 unspecified atom stereocenters. The van der Waals surface area contributed by atoms with Gasteiger partial charge in [0, 0.05) is 10.7 Å². The normalized spacial score (nSPS) is 10.5. The maximum absolute atomic E-state index is 12.0. The molecule has 2 rings (SSSR count). The lowest BCUT2D eigenvalue weighted by atomic mass is 10.1. The largest absolute Gasteiger partial charge is 0.494 e. The molecule has 0 aliphatic heterocycles. The van der Waals surface area contributed by atoms with Gasteiger partial charge in [-0.1, -0.05) is 56.7 Å². The van der Waals surface area contributed by atoms with Crippen molar-refractivity contribution in [1.82, 2.24) is 0 Å². The third-order valence-corrected chi connectivity index (χ3v) is 4.82. The van der Waals surface area contributed by atoms with E-state index in [0.717, 1.165) is 24.3 Å². The van der Waals surface area contributed by atoms with Crippen LogP contribution in [0.5, 0.6) is 11.5 Å². The topological polar surface area (TPSA) is 47.6 Å². The highest BCUT2D eigenvalue weighted by Crippen LogP contribution is 2.20. The maximum atomic E-state index is 12.0. The Balaban J connectivity index is 1.66. The van der Waals surface area contributed by atoms with Crippen LogP contribution in [0.1, 0.15) is 51.0 Å². The third-order valence-electron chi connectivity index (χ3n) is 4.42. The van der Waals surface area contributed by atoms with Gasteiger partial charge in [-0.05, 0) is 55.3 Å². The molecule has 0 aliphatic rings. The fraction of sp³-hybridized carbons (Fsp3) is 0.435. The van der Waals surface area contributed by atoms with Gasteiger partial charge < -0.3 is 14.8 Å². The van der Waals surface area contributed by atoms with E-state index in [0.29, 0.717) is 16.5 Å². The smallest absolute Gasteiger partial charge is 0.262 e. The van der Waals surface area contributed by atoms with Crippen LogP contribution in [0, 0.1) is 6.92 Å². The lowest BCUT2D eigenvalue weighted by Gasteiger charge is -2.10. The van der Waals surface area contributed by atoms with Crippen LogP contribution in [0.15, 0.2) is 42.5 Å². The number of benzene rings is 2. The summed E-state index contributed by atoms with van der Waals surface area (Å²) in [5.74, 6) is 1.21. The van der Waals surface area contributed by atoms with E-state index in [4.69, 9.17) is 21.1 Å². The Bertz CT molecular complexity index is 731. The summed E-state index contributed by atoms with van der Waals surface area (Å²) in [6.07, 6.45) is 7.47. The van der Waals surface area contributed by atoms with Crippen molar-refractivity contribution >= 4 is 23.2 Å². The fourth-order valence-electron chi connectivity index (χ4n) is 2.72. The highest BCUT2D eigenvalue weighted by Gasteiger charge is 2.05. The van der Waals surface area contributed by atoms with Crippen molar-refractivity contribution in [2.45, 2.75) is 52.4 Å². The van der Waals surface area contributed by atoms with Gasteiger partial charge in [0.1, 0.15) is 11.5 Å². The minimum atomic E-state index is -0.233. The molecular weight excluding hydrogens is 374 g/mol. The Kier molecular flexibility index (Phi) is 9.70. The van der Waals surface area contributed by atoms with Crippen molar-refractivity contribution in [1.29, 1.82) is 0 Å². The Morgan fingerprint density at radius 3 is 2.25 bits per heavy atom. The van der Waals surface area contributed by atoms with E-state index in [9.17, 15) is 4.79 Å². The quantitative estimate of drug-likeness (QED) is 0.417. The van der Waals surface area contributed by atoms with Gasteiger partial charge >= 0.3 is 0 Å². The molecule has 0 fully saturated rings. The molecule has 0 radical (unpaired) electrons. The molecule has 0 atom stereocenters. The highest BCUT2D eigenvalue weighted by atomic mass is 35.5. The first-order valence-electron chi connectivity index (χ1n) is 10.00. The fourth-order valence-corrected chi connectivity index (χ4v) is 2.90. The molecule has 152 valence electrons. The molecule has 0 aromatic heterocycles. The first kappa shape index (κ1) is 22.1. The monoisotopic (exact) mass is 403 g/mol. The van der Waals surface area contributed by atoms with E-state index in [1.165, 1.54) is 32.1 Å². The van der Waals surface area contributed by atoms with Crippen LogP contribution in [0.4, 0.5) is 5.69 Å². The Morgan fingerprint density at radius 2 is 1.57 bits per heavy atom. The van der Waals surface area contributed by atoms with Crippen molar-refractivity contribution in [2.24, 2.45) is 0 Å². The molecule has 2 aromatic rings. The SMILES string of the molecule is CCCCCCCCOc1ccc(OCC(=O)Nc2ccc(C)c(Cl)c2)cc1. The van der Waals surface area contributed by atoms with E-state index in [1.54, 1.807) is 6.07 Å². The van der Waals surface area contributed by atoms with E-state index < -0.39 is 0 Å². The molecule has 5 heteroatoms. The zero-order valence-corrected chi connectivity index (χ0v) is 17.6. The van der Waals surface area contributed by atoms with Gasteiger partial charge in [-0.25, -0.2) is 0 Å². The molecule has 0 saturated heterocycles. The van der Waals surface area contributed by atoms with Gasteiger partial charge in [0.25, 0.3) is 5.91 Å². The van der Waals surface area contributed by atoms with E-state index in [-0.39, 0.29) is 12.5 Å². The van der Waals surface area contributed by atoms with E-state index >= 15 is 0 Å². The molecule has 0 aliphatic carbocycles. The number of aryl methyl sites for hydroxylation is 1. The molecule has 0 saturated carbocycles. The second-order valence-corrected chi connectivity index (χ2v) is 7.30. The van der Waals surface area contributed by atoms with Gasteiger partial charge in [-0.3, -0.25) is 4.79 Å². The third kappa shape index (κ3) is 8.22. The number of unbranched alkanes of at least 4 members (excludes halogenated alkanes) is 5. The van der Waals surface area contributed by atoms with Crippen LogP contribution >= 0.6 is 11.6 Å². The predicted octanol–water partition coefficient (Wildman–Crippen LogP) is 6.41. The van der Waals surface area contributed by atoms with Crippen molar-refractivity contribution in [3.8, 4) is 11.5 Å². The van der Waals surface area contributed by atoms with Crippen LogP contribution in [0.2, 0.25) is 5.02 Å². The molecular formula is C23H30ClNO3.